The molecule has 0 bridgehead atoms. The Labute approximate surface area is 406 Å². The molecule has 0 aromatic carbocycles. The minimum absolute atomic E-state index is 0.0616. The van der Waals surface area contributed by atoms with Crippen LogP contribution in [0.25, 0.3) is 0 Å². The lowest BCUT2D eigenvalue weighted by Crippen LogP contribution is -2.30. The van der Waals surface area contributed by atoms with Crippen LogP contribution in [0.5, 0.6) is 0 Å². The summed E-state index contributed by atoms with van der Waals surface area (Å²) in [6.45, 7) is 9.07. The first-order valence-electron chi connectivity index (χ1n) is 29.4. The van der Waals surface area contributed by atoms with E-state index in [-0.39, 0.29) is 31.1 Å². The Morgan fingerprint density at radius 2 is 0.508 bits per heavy atom. The average Bonchev–Trinajstić information content (AvgIpc) is 3.29. The van der Waals surface area contributed by atoms with E-state index in [9.17, 15) is 14.4 Å². The van der Waals surface area contributed by atoms with Gasteiger partial charge in [-0.15, -0.1) is 0 Å². The summed E-state index contributed by atoms with van der Waals surface area (Å²) >= 11 is 0. The quantitative estimate of drug-likeness (QED) is 0.0344. The van der Waals surface area contributed by atoms with Crippen LogP contribution in [0, 0.1) is 5.92 Å². The summed E-state index contributed by atoms with van der Waals surface area (Å²) < 4.78 is 16.9. The van der Waals surface area contributed by atoms with Gasteiger partial charge in [0.1, 0.15) is 13.2 Å². The molecule has 0 aliphatic carbocycles. The highest BCUT2D eigenvalue weighted by Gasteiger charge is 2.19. The standard InChI is InChI=1S/C59H114O6/c1-5-7-9-11-13-15-17-19-22-27-31-35-39-43-47-51-58(61)64-54-56(53-63-57(60)50-46-42-38-34-30-25-18-16-14-12-10-8-6-2)65-59(62)52-48-44-40-36-32-28-24-21-20-23-26-29-33-37-41-45-49-55(3)4/h55-56H,5-54H2,1-4H3/t56-/m1/s1. The van der Waals surface area contributed by atoms with Gasteiger partial charge in [-0.1, -0.05) is 297 Å². The fourth-order valence-electron chi connectivity index (χ4n) is 9.10. The normalized spacial score (nSPS) is 12.0. The van der Waals surface area contributed by atoms with Crippen LogP contribution < -0.4 is 0 Å². The number of ether oxygens (including phenoxy) is 3. The van der Waals surface area contributed by atoms with Crippen molar-refractivity contribution in [3.63, 3.8) is 0 Å². The first kappa shape index (κ1) is 63.4. The Morgan fingerprint density at radius 3 is 0.754 bits per heavy atom. The van der Waals surface area contributed by atoms with E-state index in [1.807, 2.05) is 0 Å². The van der Waals surface area contributed by atoms with Crippen LogP contribution in [0.15, 0.2) is 0 Å². The van der Waals surface area contributed by atoms with E-state index >= 15 is 0 Å². The van der Waals surface area contributed by atoms with Gasteiger partial charge in [0.25, 0.3) is 0 Å². The summed E-state index contributed by atoms with van der Waals surface area (Å²) in [6.07, 6.45) is 58.0. The third kappa shape index (κ3) is 53.2. The largest absolute Gasteiger partial charge is 0.462 e. The Morgan fingerprint density at radius 1 is 0.292 bits per heavy atom. The van der Waals surface area contributed by atoms with Gasteiger partial charge in [0, 0.05) is 19.3 Å². The second-order valence-corrected chi connectivity index (χ2v) is 20.8. The second-order valence-electron chi connectivity index (χ2n) is 20.8. The van der Waals surface area contributed by atoms with Gasteiger partial charge < -0.3 is 14.2 Å². The van der Waals surface area contributed by atoms with Gasteiger partial charge in [-0.05, 0) is 25.2 Å². The van der Waals surface area contributed by atoms with E-state index in [2.05, 4.69) is 27.7 Å². The number of hydrogen-bond donors (Lipinski definition) is 0. The summed E-state index contributed by atoms with van der Waals surface area (Å²) in [6, 6.07) is 0. The van der Waals surface area contributed by atoms with Gasteiger partial charge >= 0.3 is 17.9 Å². The Balaban J connectivity index is 4.28. The monoisotopic (exact) mass is 919 g/mol. The van der Waals surface area contributed by atoms with Crippen molar-refractivity contribution in [2.45, 2.75) is 342 Å². The summed E-state index contributed by atoms with van der Waals surface area (Å²) in [7, 11) is 0. The molecule has 6 nitrogen and oxygen atoms in total. The zero-order valence-corrected chi connectivity index (χ0v) is 44.5. The maximum atomic E-state index is 12.9. The Bertz CT molecular complexity index is 980. The fraction of sp³-hybridized carbons (Fsp3) is 0.949. The summed E-state index contributed by atoms with van der Waals surface area (Å²) in [5, 5.41) is 0. The highest BCUT2D eigenvalue weighted by Crippen LogP contribution is 2.18. The maximum absolute atomic E-state index is 12.9. The SMILES string of the molecule is CCCCCCCCCCCCCCCCCC(=O)OC[C@@H](COC(=O)CCCCCCCCCCCCCCC)OC(=O)CCCCCCCCCCCCCCCCCCC(C)C. The third-order valence-corrected chi connectivity index (χ3v) is 13.5. The topological polar surface area (TPSA) is 78.9 Å². The smallest absolute Gasteiger partial charge is 0.306 e. The van der Waals surface area contributed by atoms with Gasteiger partial charge in [-0.3, -0.25) is 14.4 Å². The lowest BCUT2D eigenvalue weighted by Gasteiger charge is -2.18. The van der Waals surface area contributed by atoms with Crippen LogP contribution in [0.2, 0.25) is 0 Å². The van der Waals surface area contributed by atoms with Crippen molar-refractivity contribution in [2.75, 3.05) is 13.2 Å². The first-order chi connectivity index (χ1) is 31.9. The molecule has 1 atom stereocenters. The summed E-state index contributed by atoms with van der Waals surface area (Å²) in [4.78, 5) is 38.1. The molecule has 0 spiro atoms. The number of rotatable bonds is 54. The predicted octanol–water partition coefficient (Wildman–Crippen LogP) is 19.4. The van der Waals surface area contributed by atoms with E-state index in [0.29, 0.717) is 19.3 Å². The lowest BCUT2D eigenvalue weighted by atomic mass is 10.0. The van der Waals surface area contributed by atoms with Crippen molar-refractivity contribution in [3.05, 3.63) is 0 Å². The van der Waals surface area contributed by atoms with Crippen molar-refractivity contribution < 1.29 is 28.6 Å². The molecule has 0 aromatic rings. The van der Waals surface area contributed by atoms with Crippen molar-refractivity contribution in [3.8, 4) is 0 Å². The molecule has 0 rings (SSSR count). The minimum atomic E-state index is -0.761. The Kier molecular flexibility index (Phi) is 52.1. The number of esters is 3. The molecule has 0 unspecified atom stereocenters. The van der Waals surface area contributed by atoms with E-state index in [1.165, 1.54) is 231 Å². The molecule has 0 heterocycles. The van der Waals surface area contributed by atoms with Crippen molar-refractivity contribution in [1.82, 2.24) is 0 Å². The molecule has 0 aromatic heterocycles. The molecule has 6 heteroatoms. The second kappa shape index (κ2) is 53.4. The molecule has 0 saturated carbocycles. The number of hydrogen-bond acceptors (Lipinski definition) is 6. The van der Waals surface area contributed by atoms with E-state index in [0.717, 1.165) is 63.7 Å². The van der Waals surface area contributed by atoms with Crippen molar-refractivity contribution >= 4 is 17.9 Å². The van der Waals surface area contributed by atoms with Gasteiger partial charge in [0.15, 0.2) is 6.10 Å². The molecule has 0 radical (unpaired) electrons. The third-order valence-electron chi connectivity index (χ3n) is 13.5. The number of carbonyl (C=O) groups is 3. The number of unbranched alkanes of at least 4 members (excludes halogenated alkanes) is 41. The molecular formula is C59H114O6. The number of carbonyl (C=O) groups excluding carboxylic acids is 3. The van der Waals surface area contributed by atoms with E-state index in [4.69, 9.17) is 14.2 Å². The molecule has 65 heavy (non-hydrogen) atoms. The zero-order chi connectivity index (χ0) is 47.4. The van der Waals surface area contributed by atoms with Crippen molar-refractivity contribution in [2.24, 2.45) is 5.92 Å². The predicted molar refractivity (Wildman–Crippen MR) is 280 cm³/mol. The highest BCUT2D eigenvalue weighted by molar-refractivity contribution is 5.71. The summed E-state index contributed by atoms with van der Waals surface area (Å²) in [5.41, 5.74) is 0. The Hall–Kier alpha value is -1.59. The van der Waals surface area contributed by atoms with Crippen LogP contribution in [0.1, 0.15) is 336 Å². The van der Waals surface area contributed by atoms with E-state index in [1.54, 1.807) is 0 Å². The fourth-order valence-corrected chi connectivity index (χ4v) is 9.10. The molecule has 0 aliphatic rings. The summed E-state index contributed by atoms with van der Waals surface area (Å²) in [5.74, 6) is 0.0184. The van der Waals surface area contributed by atoms with Gasteiger partial charge in [0.05, 0.1) is 0 Å². The molecule has 0 amide bonds. The highest BCUT2D eigenvalue weighted by atomic mass is 16.6. The first-order valence-corrected chi connectivity index (χ1v) is 29.4. The van der Waals surface area contributed by atoms with Crippen molar-refractivity contribution in [1.29, 1.82) is 0 Å². The average molecular weight is 920 g/mol. The van der Waals surface area contributed by atoms with Crippen LogP contribution in [-0.2, 0) is 28.6 Å². The maximum Gasteiger partial charge on any atom is 0.306 e. The van der Waals surface area contributed by atoms with Crippen LogP contribution in [-0.4, -0.2) is 37.2 Å². The van der Waals surface area contributed by atoms with Crippen LogP contribution in [0.3, 0.4) is 0 Å². The molecule has 386 valence electrons. The molecule has 0 aliphatic heterocycles. The molecular weight excluding hydrogens is 805 g/mol. The van der Waals surface area contributed by atoms with Crippen LogP contribution >= 0.6 is 0 Å². The van der Waals surface area contributed by atoms with Gasteiger partial charge in [-0.2, -0.15) is 0 Å². The van der Waals surface area contributed by atoms with Gasteiger partial charge in [-0.25, -0.2) is 0 Å². The minimum Gasteiger partial charge on any atom is -0.462 e. The lowest BCUT2D eigenvalue weighted by molar-refractivity contribution is -0.167. The van der Waals surface area contributed by atoms with E-state index < -0.39 is 6.10 Å². The van der Waals surface area contributed by atoms with Gasteiger partial charge in [0.2, 0.25) is 0 Å². The molecule has 0 saturated heterocycles. The molecule has 0 N–H and O–H groups in total. The van der Waals surface area contributed by atoms with Crippen LogP contribution in [0.4, 0.5) is 0 Å². The molecule has 0 fully saturated rings. The zero-order valence-electron chi connectivity index (χ0n) is 44.5.